The van der Waals surface area contributed by atoms with Crippen LogP contribution >= 0.6 is 0 Å². The molecular weight excluding hydrogens is 670 g/mol. The summed E-state index contributed by atoms with van der Waals surface area (Å²) in [5.41, 5.74) is 40.9. The van der Waals surface area contributed by atoms with Gasteiger partial charge in [0.05, 0.1) is 30.8 Å². The van der Waals surface area contributed by atoms with Crippen LogP contribution < -0.4 is 45.5 Å². The molecule has 22 nitrogen and oxygen atoms in total. The normalized spacial score (nSPS) is 44.4. The third-order valence-corrected chi connectivity index (χ3v) is 9.43. The highest BCUT2D eigenvalue weighted by Gasteiger charge is 2.54. The van der Waals surface area contributed by atoms with Gasteiger partial charge in [0.2, 0.25) is 5.91 Å². The minimum atomic E-state index is -1.66. The van der Waals surface area contributed by atoms with Crippen LogP contribution in [0.5, 0.6) is 0 Å². The highest BCUT2D eigenvalue weighted by Crippen LogP contribution is 2.34. The van der Waals surface area contributed by atoms with E-state index in [0.29, 0.717) is 12.8 Å². The molecule has 1 saturated carbocycles. The van der Waals surface area contributed by atoms with E-state index in [2.05, 4.69) is 10.3 Å². The van der Waals surface area contributed by atoms with E-state index in [-0.39, 0.29) is 44.5 Å². The van der Waals surface area contributed by atoms with Crippen molar-refractivity contribution in [2.24, 2.45) is 45.1 Å². The number of nitrogens with zero attached hydrogens (tertiary/aromatic N) is 1. The lowest BCUT2D eigenvalue weighted by molar-refractivity contribution is -0.289. The molecule has 50 heavy (non-hydrogen) atoms. The molecule has 0 spiro atoms. The van der Waals surface area contributed by atoms with Gasteiger partial charge in [0.15, 0.2) is 24.8 Å². The molecule has 18 atom stereocenters. The van der Waals surface area contributed by atoms with Crippen molar-refractivity contribution in [2.45, 2.75) is 136 Å². The van der Waals surface area contributed by atoms with E-state index in [4.69, 9.17) is 68.6 Å². The Hall–Kier alpha value is -1.94. The Labute approximate surface area is 288 Å². The summed E-state index contributed by atoms with van der Waals surface area (Å²) < 4.78 is 35.6. The Morgan fingerprint density at radius 2 is 1.46 bits per heavy atom. The largest absolute Gasteiger partial charge is 0.394 e. The van der Waals surface area contributed by atoms with Crippen molar-refractivity contribution in [3.8, 4) is 0 Å². The van der Waals surface area contributed by atoms with Crippen LogP contribution in [-0.4, -0.2) is 179 Å². The van der Waals surface area contributed by atoms with Crippen molar-refractivity contribution < 1.29 is 63.9 Å². The summed E-state index contributed by atoms with van der Waals surface area (Å²) in [5.74, 6) is -1.05. The average Bonchev–Trinajstić information content (AvgIpc) is 3.38. The second-order valence-corrected chi connectivity index (χ2v) is 13.1. The maximum absolute atomic E-state index is 12.9. The summed E-state index contributed by atoms with van der Waals surface area (Å²) in [6, 6.07) is -3.88. The molecule has 0 unspecified atom stereocenters. The van der Waals surface area contributed by atoms with E-state index in [9.17, 15) is 35.4 Å². The fourth-order valence-electron chi connectivity index (χ4n) is 6.49. The lowest BCUT2D eigenvalue weighted by Crippen LogP contribution is -2.67. The van der Waals surface area contributed by atoms with Crippen LogP contribution in [0, 0.1) is 0 Å². The molecule has 22 heteroatoms. The molecule has 1 aliphatic carbocycles. The molecule has 0 aromatic heterocycles. The van der Waals surface area contributed by atoms with Gasteiger partial charge in [0.25, 0.3) is 0 Å². The van der Waals surface area contributed by atoms with Gasteiger partial charge in [-0.2, -0.15) is 0 Å². The zero-order valence-electron chi connectivity index (χ0n) is 27.6. The monoisotopic (exact) mass is 725 g/mol. The number of aliphatic hydroxyl groups excluding tert-OH is 6. The van der Waals surface area contributed by atoms with Crippen molar-refractivity contribution in [2.75, 3.05) is 26.2 Å². The number of guanidine groups is 1. The molecule has 21 N–H and O–H groups in total. The van der Waals surface area contributed by atoms with E-state index >= 15 is 0 Å². The van der Waals surface area contributed by atoms with Gasteiger partial charge in [-0.25, -0.2) is 0 Å². The van der Waals surface area contributed by atoms with Gasteiger partial charge >= 0.3 is 0 Å². The standard InChI is InChI=1S/C28H55N9O13/c29-6-9-1-2-10(31)25(45-9)48-21-11(32)5-12(37-24(44)13(39)3-4-36-28(34)35)17(40)23(21)50-27-20(43)22(15(8-38)47-27)49-26-16(33)19(42)18(41)14(7-30)46-26/h9-23,25-27,38-43H,1-8,29-33H2,(H,37,44)(H4,34,35,36)/t9-,10+,11-,12+,13-,14-,15+,16+,17-,18+,19+,20+,21+,22+,23+,25+,26+,27-/m0/s1. The molecule has 0 bridgehead atoms. The summed E-state index contributed by atoms with van der Waals surface area (Å²) in [6.07, 6.45) is -17.2. The number of nitrogens with one attached hydrogen (secondary N) is 1. The SMILES string of the molecule is NC[C@@H]1CC[C@@H](N)[C@@H](O[C@H]2[C@H](O[C@@H]3O[C@H](CO)[C@@H](O[C@H]4O[C@@H](CN)[C@@H](O)[C@H](O)[C@H]4N)[C@H]3O)[C@@H](O)[C@H](NC(=O)[C@@H](O)CCN=C(N)N)C[C@@H]2N)O1. The molecule has 3 saturated heterocycles. The summed E-state index contributed by atoms with van der Waals surface area (Å²) >= 11 is 0. The molecular formula is C28H55N9O13. The molecule has 1 amide bonds. The van der Waals surface area contributed by atoms with Gasteiger partial charge in [0, 0.05) is 32.1 Å². The molecule has 3 heterocycles. The van der Waals surface area contributed by atoms with Crippen molar-refractivity contribution >= 4 is 11.9 Å². The lowest BCUT2D eigenvalue weighted by atomic mass is 9.83. The third kappa shape index (κ3) is 9.53. The number of aliphatic imine (C=N–C) groups is 1. The number of aliphatic hydroxyl groups is 6. The van der Waals surface area contributed by atoms with Crippen LogP contribution in [0.15, 0.2) is 4.99 Å². The van der Waals surface area contributed by atoms with E-state index in [1.54, 1.807) is 0 Å². The van der Waals surface area contributed by atoms with Gasteiger partial charge in [-0.1, -0.05) is 0 Å². The fourth-order valence-corrected chi connectivity index (χ4v) is 6.49. The van der Waals surface area contributed by atoms with Crippen molar-refractivity contribution in [1.82, 2.24) is 5.32 Å². The quantitative estimate of drug-likeness (QED) is 0.0584. The Morgan fingerprint density at radius 3 is 2.10 bits per heavy atom. The number of rotatable bonds is 14. The Balaban J connectivity index is 1.53. The Kier molecular flexibility index (Phi) is 14.9. The first kappa shape index (κ1) is 40.8. The Morgan fingerprint density at radius 1 is 0.800 bits per heavy atom. The highest BCUT2D eigenvalue weighted by molar-refractivity contribution is 5.81. The number of hydrogen-bond donors (Lipinski definition) is 14. The molecule has 4 rings (SSSR count). The summed E-state index contributed by atoms with van der Waals surface area (Å²) in [6.45, 7) is -0.695. The summed E-state index contributed by atoms with van der Waals surface area (Å²) in [5, 5.41) is 66.6. The second kappa shape index (κ2) is 18.2. The maximum atomic E-state index is 12.9. The number of ether oxygens (including phenoxy) is 6. The minimum Gasteiger partial charge on any atom is -0.394 e. The lowest BCUT2D eigenvalue weighted by Gasteiger charge is -2.46. The van der Waals surface area contributed by atoms with Gasteiger partial charge < -0.3 is 105 Å². The number of carbonyl (C=O) groups excluding carboxylic acids is 1. The van der Waals surface area contributed by atoms with E-state index < -0.39 is 117 Å². The molecule has 290 valence electrons. The molecule has 0 aromatic carbocycles. The zero-order chi connectivity index (χ0) is 36.9. The van der Waals surface area contributed by atoms with Gasteiger partial charge in [-0.15, -0.1) is 0 Å². The molecule has 0 aromatic rings. The highest BCUT2D eigenvalue weighted by atomic mass is 16.8. The Bertz CT molecular complexity index is 1110. The van der Waals surface area contributed by atoms with Gasteiger partial charge in [0.1, 0.15) is 61.0 Å². The minimum absolute atomic E-state index is 0.0356. The number of hydrogen-bond acceptors (Lipinski definition) is 19. The summed E-state index contributed by atoms with van der Waals surface area (Å²) in [4.78, 5) is 16.6. The number of amides is 1. The van der Waals surface area contributed by atoms with Crippen LogP contribution in [0.4, 0.5) is 0 Å². The first-order valence-corrected chi connectivity index (χ1v) is 16.7. The van der Waals surface area contributed by atoms with Gasteiger partial charge in [-0.3, -0.25) is 9.79 Å². The van der Waals surface area contributed by atoms with Crippen LogP contribution in [0.2, 0.25) is 0 Å². The van der Waals surface area contributed by atoms with Crippen LogP contribution in [0.25, 0.3) is 0 Å². The van der Waals surface area contributed by atoms with Crippen molar-refractivity contribution in [1.29, 1.82) is 0 Å². The second-order valence-electron chi connectivity index (χ2n) is 13.1. The number of carbonyl (C=O) groups is 1. The predicted octanol–water partition coefficient (Wildman–Crippen LogP) is -8.66. The topological polar surface area (TPSA) is 400 Å². The first-order chi connectivity index (χ1) is 23.7. The molecule has 4 aliphatic rings. The van der Waals surface area contributed by atoms with E-state index in [1.165, 1.54) is 0 Å². The maximum Gasteiger partial charge on any atom is 0.249 e. The smallest absolute Gasteiger partial charge is 0.249 e. The van der Waals surface area contributed by atoms with E-state index in [0.717, 1.165) is 0 Å². The van der Waals surface area contributed by atoms with Gasteiger partial charge in [-0.05, 0) is 19.3 Å². The fraction of sp³-hybridized carbons (Fsp3) is 0.929. The molecule has 4 fully saturated rings. The van der Waals surface area contributed by atoms with Crippen molar-refractivity contribution in [3.63, 3.8) is 0 Å². The predicted molar refractivity (Wildman–Crippen MR) is 171 cm³/mol. The van der Waals surface area contributed by atoms with Crippen molar-refractivity contribution in [3.05, 3.63) is 0 Å². The first-order valence-electron chi connectivity index (χ1n) is 16.7. The molecule has 3 aliphatic heterocycles. The van der Waals surface area contributed by atoms with E-state index in [1.807, 2.05) is 0 Å². The third-order valence-electron chi connectivity index (χ3n) is 9.43. The van der Waals surface area contributed by atoms with Crippen LogP contribution in [-0.2, 0) is 33.2 Å². The summed E-state index contributed by atoms with van der Waals surface area (Å²) in [7, 11) is 0. The zero-order valence-corrected chi connectivity index (χ0v) is 27.6. The number of nitrogens with two attached hydrogens (primary N) is 7. The average molecular weight is 726 g/mol. The van der Waals surface area contributed by atoms with Crippen LogP contribution in [0.3, 0.4) is 0 Å². The van der Waals surface area contributed by atoms with Crippen LogP contribution in [0.1, 0.15) is 25.7 Å². The molecule has 0 radical (unpaired) electrons.